The maximum atomic E-state index is 13.0. The number of aromatic nitrogens is 1. The van der Waals surface area contributed by atoms with E-state index in [4.69, 9.17) is 4.74 Å². The number of hydrogen-bond donors (Lipinski definition) is 0. The quantitative estimate of drug-likeness (QED) is 0.799. The number of ether oxygens (including phenoxy) is 1. The first-order valence-corrected chi connectivity index (χ1v) is 9.77. The Morgan fingerprint density at radius 3 is 2.72 bits per heavy atom. The van der Waals surface area contributed by atoms with Gasteiger partial charge >= 0.3 is 0 Å². The lowest BCUT2D eigenvalue weighted by Crippen LogP contribution is -2.44. The maximum absolute atomic E-state index is 13.0. The average molecular weight is 394 g/mol. The third-order valence-electron chi connectivity index (χ3n) is 5.68. The van der Waals surface area contributed by atoms with Crippen LogP contribution in [0, 0.1) is 6.92 Å². The minimum atomic E-state index is -0.0803. The smallest absolute Gasteiger partial charge is 0.253 e. The van der Waals surface area contributed by atoms with Gasteiger partial charge in [-0.05, 0) is 42.3 Å². The number of nitrogens with zero attached hydrogens (tertiary/aromatic N) is 4. The summed E-state index contributed by atoms with van der Waals surface area (Å²) in [6.45, 7) is 3.65. The Kier molecular flexibility index (Phi) is 4.90. The molecule has 152 valence electrons. The molecule has 7 heteroatoms. The Balaban J connectivity index is 1.47. The zero-order valence-electron chi connectivity index (χ0n) is 17.3. The molecule has 1 unspecified atom stereocenters. The van der Waals surface area contributed by atoms with E-state index in [-0.39, 0.29) is 17.9 Å². The molecule has 0 bridgehead atoms. The van der Waals surface area contributed by atoms with Crippen LogP contribution in [0.15, 0.2) is 30.5 Å². The number of fused-ring (bicyclic) bond motifs is 2. The van der Waals surface area contributed by atoms with E-state index >= 15 is 0 Å². The molecule has 7 nitrogen and oxygen atoms in total. The van der Waals surface area contributed by atoms with Crippen molar-refractivity contribution < 1.29 is 14.3 Å². The van der Waals surface area contributed by atoms with Gasteiger partial charge in [0.1, 0.15) is 12.4 Å². The molecule has 4 rings (SSSR count). The van der Waals surface area contributed by atoms with Crippen molar-refractivity contribution in [1.82, 2.24) is 14.8 Å². The molecule has 2 aliphatic rings. The molecule has 2 amide bonds. The number of benzene rings is 1. The van der Waals surface area contributed by atoms with Crippen LogP contribution >= 0.6 is 0 Å². The molecule has 1 atom stereocenters. The van der Waals surface area contributed by atoms with Crippen molar-refractivity contribution in [1.29, 1.82) is 0 Å². The van der Waals surface area contributed by atoms with Gasteiger partial charge in [0.05, 0.1) is 18.2 Å². The Labute approximate surface area is 170 Å². The monoisotopic (exact) mass is 394 g/mol. The minimum absolute atomic E-state index is 0.0573. The van der Waals surface area contributed by atoms with Crippen molar-refractivity contribution in [2.75, 3.05) is 32.6 Å². The van der Waals surface area contributed by atoms with Crippen molar-refractivity contribution >= 4 is 17.5 Å². The van der Waals surface area contributed by atoms with E-state index in [1.165, 1.54) is 5.56 Å². The lowest BCUT2D eigenvalue weighted by molar-refractivity contribution is -0.132. The largest absolute Gasteiger partial charge is 0.489 e. The molecule has 2 aromatic rings. The number of hydrogen-bond acceptors (Lipinski definition) is 5. The zero-order chi connectivity index (χ0) is 20.7. The Morgan fingerprint density at radius 2 is 1.97 bits per heavy atom. The van der Waals surface area contributed by atoms with Gasteiger partial charge in [-0.25, -0.2) is 0 Å². The molecule has 0 spiro atoms. The molecule has 0 radical (unpaired) electrons. The van der Waals surface area contributed by atoms with Crippen LogP contribution in [0.3, 0.4) is 0 Å². The SMILES string of the molecule is Cc1cc2c(cn1)CN(C(=O)CC1COc3ccc(C(=O)N(C)C)cc3N1C)C2. The number of rotatable bonds is 3. The second-order valence-corrected chi connectivity index (χ2v) is 8.01. The number of amides is 2. The first kappa shape index (κ1) is 19.2. The van der Waals surface area contributed by atoms with Crippen molar-refractivity contribution in [2.24, 2.45) is 0 Å². The topological polar surface area (TPSA) is 66.0 Å². The molecule has 0 saturated carbocycles. The molecule has 0 fully saturated rings. The van der Waals surface area contributed by atoms with E-state index in [2.05, 4.69) is 16.0 Å². The maximum Gasteiger partial charge on any atom is 0.253 e. The second kappa shape index (κ2) is 7.39. The van der Waals surface area contributed by atoms with E-state index in [1.54, 1.807) is 25.1 Å². The van der Waals surface area contributed by atoms with Crippen LogP contribution in [0.1, 0.15) is 33.6 Å². The molecule has 29 heavy (non-hydrogen) atoms. The first-order chi connectivity index (χ1) is 13.8. The van der Waals surface area contributed by atoms with Gasteiger partial charge in [-0.15, -0.1) is 0 Å². The van der Waals surface area contributed by atoms with Crippen LogP contribution in [0.5, 0.6) is 5.75 Å². The summed E-state index contributed by atoms with van der Waals surface area (Å²) >= 11 is 0. The average Bonchev–Trinajstić information content (AvgIpc) is 3.12. The van der Waals surface area contributed by atoms with E-state index in [1.807, 2.05) is 37.2 Å². The zero-order valence-corrected chi connectivity index (χ0v) is 17.3. The summed E-state index contributed by atoms with van der Waals surface area (Å²) in [4.78, 5) is 35.1. The van der Waals surface area contributed by atoms with E-state index < -0.39 is 0 Å². The highest BCUT2D eigenvalue weighted by Crippen LogP contribution is 2.35. The summed E-state index contributed by atoms with van der Waals surface area (Å²) in [6.07, 6.45) is 2.23. The van der Waals surface area contributed by atoms with E-state index in [0.29, 0.717) is 31.7 Å². The summed E-state index contributed by atoms with van der Waals surface area (Å²) in [5.74, 6) is 0.781. The predicted molar refractivity (Wildman–Crippen MR) is 110 cm³/mol. The fraction of sp³-hybridized carbons (Fsp3) is 0.409. The van der Waals surface area contributed by atoms with Crippen molar-refractivity contribution in [3.05, 3.63) is 52.8 Å². The first-order valence-electron chi connectivity index (χ1n) is 9.77. The van der Waals surface area contributed by atoms with Gasteiger partial charge in [0, 0.05) is 51.7 Å². The number of carbonyl (C=O) groups is 2. The van der Waals surface area contributed by atoms with E-state index in [0.717, 1.165) is 22.7 Å². The molecule has 1 aromatic carbocycles. The molecule has 0 saturated heterocycles. The predicted octanol–water partition coefficient (Wildman–Crippen LogP) is 2.22. The summed E-state index contributed by atoms with van der Waals surface area (Å²) in [5.41, 5.74) is 4.71. The number of pyridine rings is 1. The Morgan fingerprint density at radius 1 is 1.21 bits per heavy atom. The van der Waals surface area contributed by atoms with Gasteiger partial charge in [0.15, 0.2) is 0 Å². The van der Waals surface area contributed by atoms with Crippen LogP contribution < -0.4 is 9.64 Å². The van der Waals surface area contributed by atoms with Crippen molar-refractivity contribution in [2.45, 2.75) is 32.5 Å². The Hall–Kier alpha value is -3.09. The molecular formula is C22H26N4O3. The fourth-order valence-corrected chi connectivity index (χ4v) is 3.91. The highest BCUT2D eigenvalue weighted by Gasteiger charge is 2.31. The Bertz CT molecular complexity index is 973. The third-order valence-corrected chi connectivity index (χ3v) is 5.68. The molecule has 0 N–H and O–H groups in total. The third kappa shape index (κ3) is 3.64. The number of carbonyl (C=O) groups excluding carboxylic acids is 2. The van der Waals surface area contributed by atoms with Crippen molar-refractivity contribution in [3.63, 3.8) is 0 Å². The van der Waals surface area contributed by atoms with Gasteiger partial charge in [0.25, 0.3) is 5.91 Å². The second-order valence-electron chi connectivity index (χ2n) is 8.01. The summed E-state index contributed by atoms with van der Waals surface area (Å²) in [7, 11) is 5.41. The standard InChI is InChI=1S/C22H26N4O3/c1-14-7-16-11-26(12-17(16)10-23-14)21(27)9-18-13-29-20-6-5-15(22(28)24(2)3)8-19(20)25(18)4/h5-8,10,18H,9,11-13H2,1-4H3. The van der Waals surface area contributed by atoms with Crippen LogP contribution in [-0.4, -0.2) is 60.4 Å². The number of anilines is 1. The van der Waals surface area contributed by atoms with Gasteiger partial charge in [-0.1, -0.05) is 0 Å². The lowest BCUT2D eigenvalue weighted by Gasteiger charge is -2.36. The number of likely N-dealkylation sites (N-methyl/N-ethyl adjacent to an activating group) is 1. The molecule has 0 aliphatic carbocycles. The van der Waals surface area contributed by atoms with Gasteiger partial charge in [-0.2, -0.15) is 0 Å². The van der Waals surface area contributed by atoms with E-state index in [9.17, 15) is 9.59 Å². The lowest BCUT2D eigenvalue weighted by atomic mass is 10.1. The van der Waals surface area contributed by atoms with Gasteiger partial charge in [-0.3, -0.25) is 14.6 Å². The molecule has 3 heterocycles. The van der Waals surface area contributed by atoms with Gasteiger partial charge < -0.3 is 19.4 Å². The van der Waals surface area contributed by atoms with Crippen molar-refractivity contribution in [3.8, 4) is 5.75 Å². The van der Waals surface area contributed by atoms with Crippen LogP contribution in [0.25, 0.3) is 0 Å². The summed E-state index contributed by atoms with van der Waals surface area (Å²) in [5, 5.41) is 0. The molecular weight excluding hydrogens is 368 g/mol. The number of aryl methyl sites for hydroxylation is 1. The summed E-state index contributed by atoms with van der Waals surface area (Å²) in [6, 6.07) is 7.42. The minimum Gasteiger partial charge on any atom is -0.489 e. The highest BCUT2D eigenvalue weighted by atomic mass is 16.5. The van der Waals surface area contributed by atoms with Crippen LogP contribution in [-0.2, 0) is 17.9 Å². The molecule has 1 aromatic heterocycles. The highest BCUT2D eigenvalue weighted by molar-refractivity contribution is 5.95. The summed E-state index contributed by atoms with van der Waals surface area (Å²) < 4.78 is 5.90. The van der Waals surface area contributed by atoms with Gasteiger partial charge in [0.2, 0.25) is 5.91 Å². The normalized spacial score (nSPS) is 17.4. The molecule has 2 aliphatic heterocycles. The van der Waals surface area contributed by atoms with Crippen LogP contribution in [0.4, 0.5) is 5.69 Å². The fourth-order valence-electron chi connectivity index (χ4n) is 3.91. The van der Waals surface area contributed by atoms with Crippen LogP contribution in [0.2, 0.25) is 0 Å².